The zero-order chi connectivity index (χ0) is 13.8. The largest absolute Gasteiger partial charge is 0.319 e. The molecule has 0 saturated carbocycles. The van der Waals surface area contributed by atoms with Gasteiger partial charge in [0.1, 0.15) is 0 Å². The van der Waals surface area contributed by atoms with Gasteiger partial charge in [-0.25, -0.2) is 0 Å². The fourth-order valence-corrected chi connectivity index (χ4v) is 1.79. The molecule has 1 amide bonds. The zero-order valence-electron chi connectivity index (χ0n) is 10.8. The van der Waals surface area contributed by atoms with Gasteiger partial charge in [0.25, 0.3) is 5.91 Å². The van der Waals surface area contributed by atoms with Crippen LogP contribution in [0.2, 0.25) is 0 Å². The van der Waals surface area contributed by atoms with Gasteiger partial charge in [0.15, 0.2) is 0 Å². The van der Waals surface area contributed by atoms with Crippen LogP contribution in [0.1, 0.15) is 28.5 Å². The first kappa shape index (κ1) is 12.8. The fourth-order valence-electron chi connectivity index (χ4n) is 1.79. The smallest absolute Gasteiger partial charge is 0.255 e. The monoisotopic (exact) mass is 254 g/mol. The number of amides is 1. The topological polar surface area (TPSA) is 70.7 Å². The maximum atomic E-state index is 12.1. The Bertz CT molecular complexity index is 634. The number of carbonyl (C=O) groups excluding carboxylic acids is 1. The van der Waals surface area contributed by atoms with Gasteiger partial charge in [-0.15, -0.1) is 0 Å². The number of benzene rings is 1. The first-order valence-corrected chi connectivity index (χ1v) is 5.98. The van der Waals surface area contributed by atoms with Gasteiger partial charge in [0.05, 0.1) is 23.0 Å². The van der Waals surface area contributed by atoms with E-state index in [9.17, 15) is 4.79 Å². The lowest BCUT2D eigenvalue weighted by atomic mass is 10.1. The van der Waals surface area contributed by atoms with E-state index in [0.717, 1.165) is 17.8 Å². The van der Waals surface area contributed by atoms with Gasteiger partial charge in [-0.05, 0) is 30.7 Å². The third-order valence-electron chi connectivity index (χ3n) is 2.76. The summed E-state index contributed by atoms with van der Waals surface area (Å²) < 4.78 is 1.67. The van der Waals surface area contributed by atoms with Crippen molar-refractivity contribution in [2.75, 3.05) is 5.32 Å². The van der Waals surface area contributed by atoms with Crippen molar-refractivity contribution in [1.29, 1.82) is 5.26 Å². The number of nitrogens with zero attached hydrogens (tertiary/aromatic N) is 3. The third kappa shape index (κ3) is 2.80. The molecule has 1 N–H and O–H groups in total. The van der Waals surface area contributed by atoms with Crippen LogP contribution in [0, 0.1) is 11.3 Å². The first-order chi connectivity index (χ1) is 9.13. The molecule has 0 aliphatic heterocycles. The van der Waals surface area contributed by atoms with Crippen LogP contribution >= 0.6 is 0 Å². The van der Waals surface area contributed by atoms with Crippen molar-refractivity contribution >= 4 is 11.6 Å². The second kappa shape index (κ2) is 5.36. The lowest BCUT2D eigenvalue weighted by Crippen LogP contribution is -2.12. The summed E-state index contributed by atoms with van der Waals surface area (Å²) in [6, 6.07) is 8.54. The molecule has 0 fully saturated rings. The normalized spacial score (nSPS) is 9.95. The van der Waals surface area contributed by atoms with E-state index in [4.69, 9.17) is 5.26 Å². The minimum absolute atomic E-state index is 0.202. The van der Waals surface area contributed by atoms with Gasteiger partial charge in [-0.2, -0.15) is 10.4 Å². The molecule has 0 saturated heterocycles. The van der Waals surface area contributed by atoms with Gasteiger partial charge < -0.3 is 5.32 Å². The molecule has 1 aromatic heterocycles. The summed E-state index contributed by atoms with van der Waals surface area (Å²) in [7, 11) is 1.82. The number of rotatable bonds is 3. The Balaban J connectivity index is 2.18. The van der Waals surface area contributed by atoms with Gasteiger partial charge in [0.2, 0.25) is 0 Å². The molecular formula is C14H14N4O. The number of hydrogen-bond donors (Lipinski definition) is 1. The number of nitriles is 1. The summed E-state index contributed by atoms with van der Waals surface area (Å²) in [6.45, 7) is 1.99. The average Bonchev–Trinajstić information content (AvgIpc) is 2.78. The highest BCUT2D eigenvalue weighted by Crippen LogP contribution is 2.15. The second-order valence-electron chi connectivity index (χ2n) is 4.16. The minimum atomic E-state index is -0.202. The van der Waals surface area contributed by atoms with Crippen LogP contribution in [0.3, 0.4) is 0 Å². The molecule has 5 heteroatoms. The van der Waals surface area contributed by atoms with Gasteiger partial charge in [0, 0.05) is 18.8 Å². The summed E-state index contributed by atoms with van der Waals surface area (Å²) >= 11 is 0. The maximum absolute atomic E-state index is 12.1. The Morgan fingerprint density at radius 3 is 2.68 bits per heavy atom. The molecule has 0 unspecified atom stereocenters. The van der Waals surface area contributed by atoms with E-state index in [1.807, 2.05) is 20.0 Å². The molecule has 0 radical (unpaired) electrons. The summed E-state index contributed by atoms with van der Waals surface area (Å²) in [5.41, 5.74) is 2.63. The van der Waals surface area contributed by atoms with E-state index < -0.39 is 0 Å². The van der Waals surface area contributed by atoms with Crippen LogP contribution in [-0.4, -0.2) is 15.7 Å². The second-order valence-corrected chi connectivity index (χ2v) is 4.16. The van der Waals surface area contributed by atoms with Crippen molar-refractivity contribution in [1.82, 2.24) is 9.78 Å². The molecular weight excluding hydrogens is 240 g/mol. The fraction of sp³-hybridized carbons (Fsp3) is 0.214. The molecule has 0 aliphatic rings. The third-order valence-corrected chi connectivity index (χ3v) is 2.76. The van der Waals surface area contributed by atoms with Crippen molar-refractivity contribution in [3.8, 4) is 6.07 Å². The van der Waals surface area contributed by atoms with E-state index in [1.54, 1.807) is 35.1 Å². The van der Waals surface area contributed by atoms with Crippen LogP contribution in [0.4, 0.5) is 5.69 Å². The van der Waals surface area contributed by atoms with E-state index in [-0.39, 0.29) is 5.91 Å². The Morgan fingerprint density at radius 1 is 1.42 bits per heavy atom. The van der Waals surface area contributed by atoms with Crippen molar-refractivity contribution in [2.24, 2.45) is 7.05 Å². The van der Waals surface area contributed by atoms with Crippen LogP contribution in [-0.2, 0) is 13.5 Å². The Hall–Kier alpha value is -2.61. The molecule has 1 aromatic carbocycles. The van der Waals surface area contributed by atoms with Crippen molar-refractivity contribution < 1.29 is 4.79 Å². The molecule has 0 atom stereocenters. The summed E-state index contributed by atoms with van der Waals surface area (Å²) in [6.07, 6.45) is 2.53. The minimum Gasteiger partial charge on any atom is -0.319 e. The molecule has 2 rings (SSSR count). The highest BCUT2D eigenvalue weighted by atomic mass is 16.1. The summed E-state index contributed by atoms with van der Waals surface area (Å²) in [5.74, 6) is -0.202. The van der Waals surface area contributed by atoms with Gasteiger partial charge in [-0.3, -0.25) is 9.48 Å². The van der Waals surface area contributed by atoms with Crippen molar-refractivity contribution in [2.45, 2.75) is 13.3 Å². The molecule has 2 aromatic rings. The Labute approximate surface area is 111 Å². The Kier molecular flexibility index (Phi) is 3.62. The van der Waals surface area contributed by atoms with Gasteiger partial charge in [-0.1, -0.05) is 6.92 Å². The van der Waals surface area contributed by atoms with Crippen molar-refractivity contribution in [3.05, 3.63) is 47.3 Å². The summed E-state index contributed by atoms with van der Waals surface area (Å²) in [4.78, 5) is 12.1. The van der Waals surface area contributed by atoms with Crippen molar-refractivity contribution in [3.63, 3.8) is 0 Å². The Morgan fingerprint density at radius 2 is 2.11 bits per heavy atom. The predicted octanol–water partition coefficient (Wildman–Crippen LogP) is 2.11. The van der Waals surface area contributed by atoms with Crippen LogP contribution in [0.25, 0.3) is 0 Å². The highest BCUT2D eigenvalue weighted by Gasteiger charge is 2.11. The predicted molar refractivity (Wildman–Crippen MR) is 71.7 cm³/mol. The standard InChI is InChI=1S/C14H14N4O/c1-3-12-13(9-18(2)17-12)16-14(19)11-6-4-10(8-15)5-7-11/h4-7,9H,3H2,1-2H3,(H,16,19). The first-order valence-electron chi connectivity index (χ1n) is 5.98. The van der Waals surface area contributed by atoms with Crippen LogP contribution in [0.15, 0.2) is 30.5 Å². The molecule has 19 heavy (non-hydrogen) atoms. The van der Waals surface area contributed by atoms with Crippen LogP contribution in [0.5, 0.6) is 0 Å². The molecule has 0 aliphatic carbocycles. The highest BCUT2D eigenvalue weighted by molar-refractivity contribution is 6.04. The number of aromatic nitrogens is 2. The number of carbonyl (C=O) groups is 1. The molecule has 0 bridgehead atoms. The molecule has 96 valence electrons. The quantitative estimate of drug-likeness (QED) is 0.911. The maximum Gasteiger partial charge on any atom is 0.255 e. The molecule has 0 spiro atoms. The van der Waals surface area contributed by atoms with E-state index in [0.29, 0.717) is 11.1 Å². The number of anilines is 1. The molecule has 1 heterocycles. The van der Waals surface area contributed by atoms with E-state index in [1.165, 1.54) is 0 Å². The lowest BCUT2D eigenvalue weighted by Gasteiger charge is -2.04. The average molecular weight is 254 g/mol. The zero-order valence-corrected chi connectivity index (χ0v) is 10.8. The van der Waals surface area contributed by atoms with E-state index in [2.05, 4.69) is 10.4 Å². The summed E-state index contributed by atoms with van der Waals surface area (Å²) in [5, 5.41) is 15.8. The molecule has 5 nitrogen and oxygen atoms in total. The lowest BCUT2D eigenvalue weighted by molar-refractivity contribution is 0.102. The SMILES string of the molecule is CCc1nn(C)cc1NC(=O)c1ccc(C#N)cc1. The number of nitrogens with one attached hydrogen (secondary N) is 1. The van der Waals surface area contributed by atoms with Crippen LogP contribution < -0.4 is 5.32 Å². The number of aryl methyl sites for hydroxylation is 2. The number of hydrogen-bond acceptors (Lipinski definition) is 3. The van der Waals surface area contributed by atoms with Gasteiger partial charge >= 0.3 is 0 Å². The van der Waals surface area contributed by atoms with E-state index >= 15 is 0 Å².